The fraction of sp³-hybridized carbons (Fsp3) is 0.136. The summed E-state index contributed by atoms with van der Waals surface area (Å²) in [6.45, 7) is 2.10. The molecule has 2 aliphatic rings. The van der Waals surface area contributed by atoms with Crippen molar-refractivity contribution in [3.63, 3.8) is 0 Å². The van der Waals surface area contributed by atoms with E-state index in [1.54, 1.807) is 19.2 Å². The number of carbonyl (C=O) groups excluding carboxylic acids is 1. The third-order valence-electron chi connectivity index (χ3n) is 4.57. The molecule has 0 saturated carbocycles. The van der Waals surface area contributed by atoms with Gasteiger partial charge in [0.15, 0.2) is 5.76 Å². The lowest BCUT2D eigenvalue weighted by Crippen LogP contribution is -1.98. The van der Waals surface area contributed by atoms with Gasteiger partial charge in [-0.3, -0.25) is 4.79 Å². The second-order valence-corrected chi connectivity index (χ2v) is 6.02. The van der Waals surface area contributed by atoms with E-state index in [-0.39, 0.29) is 5.78 Å². The van der Waals surface area contributed by atoms with Crippen LogP contribution in [-0.2, 0) is 6.42 Å². The number of methoxy groups -OCH3 is 1. The summed E-state index contributed by atoms with van der Waals surface area (Å²) in [7, 11) is 1.61. The van der Waals surface area contributed by atoms with Crippen LogP contribution >= 0.6 is 0 Å². The summed E-state index contributed by atoms with van der Waals surface area (Å²) in [5.41, 5.74) is 4.60. The minimum atomic E-state index is -0.0916. The van der Waals surface area contributed by atoms with Crippen LogP contribution in [0.5, 0.6) is 5.75 Å². The SMILES string of the molecule is CCc1cc(C(=O)c2cc3ccc(OC)cc3o2)c2cccccc1-2. The fourth-order valence-corrected chi connectivity index (χ4v) is 3.26. The lowest BCUT2D eigenvalue weighted by atomic mass is 10.0. The summed E-state index contributed by atoms with van der Waals surface area (Å²) >= 11 is 0. The van der Waals surface area contributed by atoms with Crippen molar-refractivity contribution in [3.05, 3.63) is 77.6 Å². The summed E-state index contributed by atoms with van der Waals surface area (Å²) in [4.78, 5) is 13.1. The molecule has 1 aromatic carbocycles. The first-order valence-corrected chi connectivity index (χ1v) is 8.34. The van der Waals surface area contributed by atoms with Gasteiger partial charge in [-0.25, -0.2) is 0 Å². The van der Waals surface area contributed by atoms with Gasteiger partial charge in [0.05, 0.1) is 7.11 Å². The number of hydrogen-bond acceptors (Lipinski definition) is 3. The number of ketones is 1. The number of rotatable bonds is 4. The van der Waals surface area contributed by atoms with Crippen LogP contribution in [0.4, 0.5) is 0 Å². The van der Waals surface area contributed by atoms with Gasteiger partial charge >= 0.3 is 0 Å². The Labute approximate surface area is 146 Å². The molecule has 4 rings (SSSR count). The van der Waals surface area contributed by atoms with E-state index in [9.17, 15) is 4.79 Å². The maximum Gasteiger partial charge on any atom is 0.228 e. The molecule has 0 aliphatic heterocycles. The number of furan rings is 1. The van der Waals surface area contributed by atoms with E-state index in [1.165, 1.54) is 5.56 Å². The normalized spacial score (nSPS) is 11.1. The Hall–Kier alpha value is -3.07. The van der Waals surface area contributed by atoms with Gasteiger partial charge in [0, 0.05) is 17.0 Å². The van der Waals surface area contributed by atoms with Gasteiger partial charge in [-0.05, 0) is 47.4 Å². The second kappa shape index (κ2) is 6.10. The molecule has 0 bridgehead atoms. The fourth-order valence-electron chi connectivity index (χ4n) is 3.26. The van der Waals surface area contributed by atoms with E-state index < -0.39 is 0 Å². The summed E-state index contributed by atoms with van der Waals surface area (Å²) < 4.78 is 11.0. The average molecular weight is 330 g/mol. The molecule has 0 radical (unpaired) electrons. The third-order valence-corrected chi connectivity index (χ3v) is 4.57. The van der Waals surface area contributed by atoms with Crippen LogP contribution in [0.25, 0.3) is 22.1 Å². The van der Waals surface area contributed by atoms with Crippen LogP contribution in [0.2, 0.25) is 0 Å². The molecule has 124 valence electrons. The van der Waals surface area contributed by atoms with Gasteiger partial charge in [-0.2, -0.15) is 0 Å². The van der Waals surface area contributed by atoms with Crippen molar-refractivity contribution in [2.24, 2.45) is 0 Å². The summed E-state index contributed by atoms with van der Waals surface area (Å²) in [5.74, 6) is 0.968. The minimum absolute atomic E-state index is 0.0916. The quantitative estimate of drug-likeness (QED) is 0.474. The molecule has 0 N–H and O–H groups in total. The van der Waals surface area contributed by atoms with E-state index in [4.69, 9.17) is 9.15 Å². The van der Waals surface area contributed by atoms with Crippen molar-refractivity contribution < 1.29 is 13.9 Å². The molecule has 0 spiro atoms. The molecule has 0 saturated heterocycles. The molecule has 3 nitrogen and oxygen atoms in total. The van der Waals surface area contributed by atoms with Crippen LogP contribution in [0.15, 0.2) is 65.1 Å². The smallest absolute Gasteiger partial charge is 0.228 e. The van der Waals surface area contributed by atoms with Crippen molar-refractivity contribution in [2.45, 2.75) is 13.3 Å². The lowest BCUT2D eigenvalue weighted by Gasteiger charge is -1.99. The first-order valence-electron chi connectivity index (χ1n) is 8.34. The Morgan fingerprint density at radius 1 is 1.00 bits per heavy atom. The Morgan fingerprint density at radius 2 is 1.80 bits per heavy atom. The van der Waals surface area contributed by atoms with Gasteiger partial charge < -0.3 is 9.15 Å². The monoisotopic (exact) mass is 330 g/mol. The van der Waals surface area contributed by atoms with Gasteiger partial charge in [0.1, 0.15) is 11.3 Å². The summed E-state index contributed by atoms with van der Waals surface area (Å²) in [5, 5.41) is 0.890. The molecule has 1 aromatic heterocycles. The summed E-state index contributed by atoms with van der Waals surface area (Å²) in [6.07, 6.45) is 0.880. The Balaban J connectivity index is 1.83. The molecule has 1 heterocycles. The van der Waals surface area contributed by atoms with Gasteiger partial charge in [-0.15, -0.1) is 0 Å². The van der Waals surface area contributed by atoms with Crippen LogP contribution in [-0.4, -0.2) is 12.9 Å². The van der Waals surface area contributed by atoms with Crippen LogP contribution in [0, 0.1) is 0 Å². The highest BCUT2D eigenvalue weighted by Crippen LogP contribution is 2.34. The third kappa shape index (κ3) is 2.58. The second-order valence-electron chi connectivity index (χ2n) is 6.02. The van der Waals surface area contributed by atoms with Crippen molar-refractivity contribution in [1.82, 2.24) is 0 Å². The zero-order valence-electron chi connectivity index (χ0n) is 14.2. The number of benzene rings is 1. The molecular formula is C22H18O3. The van der Waals surface area contributed by atoms with Crippen LogP contribution in [0.1, 0.15) is 28.6 Å². The zero-order valence-corrected chi connectivity index (χ0v) is 14.2. The highest BCUT2D eigenvalue weighted by molar-refractivity contribution is 6.14. The molecule has 2 aromatic rings. The number of carbonyl (C=O) groups is 1. The molecular weight excluding hydrogens is 312 g/mol. The summed E-state index contributed by atoms with van der Waals surface area (Å²) in [6, 6.07) is 19.3. The highest BCUT2D eigenvalue weighted by Gasteiger charge is 2.22. The van der Waals surface area contributed by atoms with E-state index in [2.05, 4.69) is 13.0 Å². The molecule has 2 aliphatic carbocycles. The van der Waals surface area contributed by atoms with Gasteiger partial charge in [0.25, 0.3) is 0 Å². The van der Waals surface area contributed by atoms with E-state index >= 15 is 0 Å². The average Bonchev–Trinajstić information content (AvgIpc) is 3.13. The topological polar surface area (TPSA) is 39.4 Å². The van der Waals surface area contributed by atoms with E-state index in [0.717, 1.165) is 22.9 Å². The molecule has 0 unspecified atom stereocenters. The number of hydrogen-bond donors (Lipinski definition) is 0. The number of fused-ring (bicyclic) bond motifs is 2. The molecule has 0 atom stereocenters. The van der Waals surface area contributed by atoms with Crippen LogP contribution in [0.3, 0.4) is 0 Å². The largest absolute Gasteiger partial charge is 0.497 e. The maximum absolute atomic E-state index is 13.1. The molecule has 3 heteroatoms. The maximum atomic E-state index is 13.1. The van der Waals surface area contributed by atoms with Crippen molar-refractivity contribution in [3.8, 4) is 16.9 Å². The Morgan fingerprint density at radius 3 is 2.56 bits per heavy atom. The van der Waals surface area contributed by atoms with Crippen molar-refractivity contribution >= 4 is 16.8 Å². The Bertz CT molecular complexity index is 1040. The predicted molar refractivity (Wildman–Crippen MR) is 98.6 cm³/mol. The van der Waals surface area contributed by atoms with Gasteiger partial charge in [-0.1, -0.05) is 37.3 Å². The first-order chi connectivity index (χ1) is 12.2. The molecule has 25 heavy (non-hydrogen) atoms. The highest BCUT2D eigenvalue weighted by atomic mass is 16.5. The molecule has 0 amide bonds. The lowest BCUT2D eigenvalue weighted by molar-refractivity contribution is 0.101. The Kier molecular flexibility index (Phi) is 3.77. The predicted octanol–water partition coefficient (Wildman–Crippen LogP) is 5.34. The van der Waals surface area contributed by atoms with Crippen LogP contribution < -0.4 is 4.74 Å². The zero-order chi connectivity index (χ0) is 17.4. The van der Waals surface area contributed by atoms with Crippen molar-refractivity contribution in [1.29, 1.82) is 0 Å². The minimum Gasteiger partial charge on any atom is -0.497 e. The number of aryl methyl sites for hydroxylation is 1. The van der Waals surface area contributed by atoms with E-state index in [1.807, 2.05) is 42.5 Å². The number of ether oxygens (including phenoxy) is 1. The molecule has 0 fully saturated rings. The van der Waals surface area contributed by atoms with Crippen molar-refractivity contribution in [2.75, 3.05) is 7.11 Å². The van der Waals surface area contributed by atoms with E-state index in [0.29, 0.717) is 22.7 Å². The first kappa shape index (κ1) is 15.5. The standard InChI is InChI=1S/C22H18O3/c1-3-14-11-19(18-8-6-4-5-7-17(14)18)22(23)21-12-15-9-10-16(24-2)13-20(15)25-21/h4-13H,3H2,1-2H3. The van der Waals surface area contributed by atoms with Gasteiger partial charge in [0.2, 0.25) is 5.78 Å².